The van der Waals surface area contributed by atoms with Gasteiger partial charge in [-0.05, 0) is 29.2 Å². The summed E-state index contributed by atoms with van der Waals surface area (Å²) >= 11 is 0. The average molecular weight is 475 g/mol. The van der Waals surface area contributed by atoms with Crippen molar-refractivity contribution in [2.45, 2.75) is 38.7 Å². The molecule has 0 heterocycles. The van der Waals surface area contributed by atoms with Crippen molar-refractivity contribution < 1.29 is 33.0 Å². The van der Waals surface area contributed by atoms with E-state index < -0.39 is 42.8 Å². The van der Waals surface area contributed by atoms with Gasteiger partial charge in [0.25, 0.3) is 0 Å². The number of alkyl carbamates (subject to hydrolysis) is 1. The summed E-state index contributed by atoms with van der Waals surface area (Å²) in [6.45, 7) is 2.96. The van der Waals surface area contributed by atoms with E-state index in [0.717, 1.165) is 27.2 Å². The van der Waals surface area contributed by atoms with Crippen molar-refractivity contribution in [1.82, 2.24) is 10.2 Å². The maximum Gasteiger partial charge on any atom is 0.407 e. The molecule has 2 amide bonds. The summed E-state index contributed by atoms with van der Waals surface area (Å²) in [5, 5.41) is 11.4. The van der Waals surface area contributed by atoms with Gasteiger partial charge in [-0.15, -0.1) is 0 Å². The van der Waals surface area contributed by atoms with Gasteiger partial charge in [0, 0.05) is 25.4 Å². The van der Waals surface area contributed by atoms with Crippen LogP contribution in [0.15, 0.2) is 48.5 Å². The zero-order valence-corrected chi connectivity index (χ0v) is 19.0. The second-order valence-corrected chi connectivity index (χ2v) is 8.27. The molecule has 1 aliphatic rings. The highest BCUT2D eigenvalue weighted by atomic mass is 19.3. The fraction of sp³-hybridized carbons (Fsp3) is 0.400. The molecule has 2 aromatic rings. The van der Waals surface area contributed by atoms with E-state index in [4.69, 9.17) is 9.84 Å². The Morgan fingerprint density at radius 3 is 2.12 bits per heavy atom. The average Bonchev–Trinajstić information content (AvgIpc) is 3.13. The van der Waals surface area contributed by atoms with E-state index in [2.05, 4.69) is 5.32 Å². The summed E-state index contributed by atoms with van der Waals surface area (Å²) in [5.41, 5.74) is 4.08. The maximum absolute atomic E-state index is 13.2. The molecule has 34 heavy (non-hydrogen) atoms. The van der Waals surface area contributed by atoms with Crippen LogP contribution >= 0.6 is 0 Å². The van der Waals surface area contributed by atoms with Gasteiger partial charge in [-0.2, -0.15) is 0 Å². The number of ether oxygens (including phenoxy) is 1. The quantitative estimate of drug-likeness (QED) is 0.540. The van der Waals surface area contributed by atoms with Crippen molar-refractivity contribution in [3.05, 3.63) is 59.7 Å². The number of carboxylic acids is 1. The first kappa shape index (κ1) is 25.1. The molecule has 7 nitrogen and oxygen atoms in total. The van der Waals surface area contributed by atoms with Gasteiger partial charge < -0.3 is 20.1 Å². The lowest BCUT2D eigenvalue weighted by Crippen LogP contribution is -2.51. The molecule has 2 N–H and O–H groups in total. The molecule has 0 spiro atoms. The molecule has 182 valence electrons. The summed E-state index contributed by atoms with van der Waals surface area (Å²) in [5.74, 6) is -2.98. The van der Waals surface area contributed by atoms with Crippen LogP contribution in [-0.2, 0) is 14.3 Å². The van der Waals surface area contributed by atoms with Gasteiger partial charge in [-0.1, -0.05) is 55.5 Å². The summed E-state index contributed by atoms with van der Waals surface area (Å²) < 4.78 is 31.7. The number of carbonyl (C=O) groups excluding carboxylic acids is 2. The zero-order chi connectivity index (χ0) is 24.8. The summed E-state index contributed by atoms with van der Waals surface area (Å²) in [6.07, 6.45) is -4.73. The van der Waals surface area contributed by atoms with E-state index >= 15 is 0 Å². The summed E-state index contributed by atoms with van der Waals surface area (Å²) in [4.78, 5) is 37.6. The smallest absolute Gasteiger partial charge is 0.407 e. The molecule has 0 saturated carbocycles. The van der Waals surface area contributed by atoms with Gasteiger partial charge in [-0.3, -0.25) is 9.59 Å². The van der Waals surface area contributed by atoms with E-state index in [9.17, 15) is 23.2 Å². The van der Waals surface area contributed by atoms with Gasteiger partial charge in [0.15, 0.2) is 0 Å². The molecule has 1 aliphatic carbocycles. The van der Waals surface area contributed by atoms with Crippen LogP contribution in [0.1, 0.15) is 37.3 Å². The number of nitrogens with one attached hydrogen (secondary N) is 1. The van der Waals surface area contributed by atoms with Crippen LogP contribution in [0.4, 0.5) is 13.6 Å². The van der Waals surface area contributed by atoms with Gasteiger partial charge >= 0.3 is 12.1 Å². The Bertz CT molecular complexity index is 1000. The summed E-state index contributed by atoms with van der Waals surface area (Å²) in [6, 6.07) is 14.0. The first-order valence-electron chi connectivity index (χ1n) is 11.1. The third kappa shape index (κ3) is 5.70. The number of fused-ring (bicyclic) bond motifs is 3. The Hall–Kier alpha value is -3.49. The van der Waals surface area contributed by atoms with Crippen LogP contribution in [0.5, 0.6) is 0 Å². The molecule has 0 aliphatic heterocycles. The first-order valence-corrected chi connectivity index (χ1v) is 11.1. The second kappa shape index (κ2) is 11.1. The molecule has 0 fully saturated rings. The van der Waals surface area contributed by atoms with Crippen molar-refractivity contribution in [2.24, 2.45) is 5.92 Å². The first-order chi connectivity index (χ1) is 16.2. The van der Waals surface area contributed by atoms with Crippen molar-refractivity contribution in [3.8, 4) is 11.1 Å². The van der Waals surface area contributed by atoms with Gasteiger partial charge in [0.1, 0.15) is 12.6 Å². The topological polar surface area (TPSA) is 95.9 Å². The number of benzene rings is 2. The third-order valence-electron chi connectivity index (χ3n) is 5.96. The lowest BCUT2D eigenvalue weighted by molar-refractivity contribution is -0.143. The number of carbonyl (C=O) groups is 3. The maximum atomic E-state index is 13.2. The molecule has 3 rings (SSSR count). The van der Waals surface area contributed by atoms with Crippen molar-refractivity contribution in [1.29, 1.82) is 0 Å². The number of amides is 2. The number of nitrogens with zero attached hydrogens (tertiary/aromatic N) is 1. The van der Waals surface area contributed by atoms with Crippen LogP contribution in [0, 0.1) is 5.92 Å². The highest BCUT2D eigenvalue weighted by molar-refractivity contribution is 5.86. The van der Waals surface area contributed by atoms with Crippen LogP contribution < -0.4 is 5.32 Å². The fourth-order valence-electron chi connectivity index (χ4n) is 4.19. The fourth-order valence-corrected chi connectivity index (χ4v) is 4.19. The Balaban J connectivity index is 1.68. The Kier molecular flexibility index (Phi) is 8.20. The van der Waals surface area contributed by atoms with Gasteiger partial charge in [0.2, 0.25) is 12.3 Å². The van der Waals surface area contributed by atoms with Crippen molar-refractivity contribution >= 4 is 18.0 Å². The minimum atomic E-state index is -2.85. The monoisotopic (exact) mass is 474 g/mol. The number of carboxylic acid groups (broad SMARTS) is 1. The van der Waals surface area contributed by atoms with E-state index in [1.165, 1.54) is 6.92 Å². The molecule has 0 bridgehead atoms. The van der Waals surface area contributed by atoms with Gasteiger partial charge in [0.05, 0.1) is 5.92 Å². The number of aliphatic carboxylic acids is 1. The number of hydrogen-bond donors (Lipinski definition) is 2. The molecule has 2 unspecified atom stereocenters. The third-order valence-corrected chi connectivity index (χ3v) is 5.96. The normalized spacial score (nSPS) is 14.1. The highest BCUT2D eigenvalue weighted by Crippen LogP contribution is 2.44. The van der Waals surface area contributed by atoms with Crippen molar-refractivity contribution in [3.63, 3.8) is 0 Å². The van der Waals surface area contributed by atoms with Gasteiger partial charge in [-0.25, -0.2) is 13.6 Å². The minimum Gasteiger partial charge on any atom is -0.481 e. The molecule has 0 saturated heterocycles. The Labute approximate surface area is 196 Å². The zero-order valence-electron chi connectivity index (χ0n) is 19.0. The van der Waals surface area contributed by atoms with E-state index in [1.54, 1.807) is 6.92 Å². The standard InChI is InChI=1S/C25H28F2N2O5/c1-3-29(13-15(2)24(31)32)23(30)21(12-22(26)27)28-25(33)34-14-20-18-10-6-4-8-16(18)17-9-5-7-11-19(17)20/h4-11,15,20-22H,3,12-14H2,1-2H3,(H,28,33)(H,31,32). The predicted molar refractivity (Wildman–Crippen MR) is 122 cm³/mol. The number of halogens is 2. The second-order valence-electron chi connectivity index (χ2n) is 8.27. The molecular weight excluding hydrogens is 446 g/mol. The molecule has 2 aromatic carbocycles. The van der Waals surface area contributed by atoms with E-state index in [0.29, 0.717) is 0 Å². The lowest BCUT2D eigenvalue weighted by Gasteiger charge is -2.28. The number of hydrogen-bond acceptors (Lipinski definition) is 4. The molecule has 0 aromatic heterocycles. The molecule has 0 radical (unpaired) electrons. The summed E-state index contributed by atoms with van der Waals surface area (Å²) in [7, 11) is 0. The minimum absolute atomic E-state index is 0.0248. The number of alkyl halides is 2. The van der Waals surface area contributed by atoms with Crippen LogP contribution in [0.25, 0.3) is 11.1 Å². The molecule has 9 heteroatoms. The van der Waals surface area contributed by atoms with Crippen LogP contribution in [0.3, 0.4) is 0 Å². The number of likely N-dealkylation sites (N-methyl/N-ethyl adjacent to an activating group) is 1. The number of rotatable bonds is 10. The SMILES string of the molecule is CCN(CC(C)C(=O)O)C(=O)C(CC(F)F)NC(=O)OCC1c2ccccc2-c2ccccc21. The van der Waals surface area contributed by atoms with E-state index in [1.807, 2.05) is 48.5 Å². The molecule has 2 atom stereocenters. The largest absolute Gasteiger partial charge is 0.481 e. The Morgan fingerprint density at radius 1 is 1.06 bits per heavy atom. The molecular formula is C25H28F2N2O5. The van der Waals surface area contributed by atoms with Crippen LogP contribution in [-0.4, -0.2) is 60.1 Å². The highest BCUT2D eigenvalue weighted by Gasteiger charge is 2.32. The van der Waals surface area contributed by atoms with Crippen molar-refractivity contribution in [2.75, 3.05) is 19.7 Å². The van der Waals surface area contributed by atoms with Crippen LogP contribution in [0.2, 0.25) is 0 Å². The predicted octanol–water partition coefficient (Wildman–Crippen LogP) is 4.12. The van der Waals surface area contributed by atoms with E-state index in [-0.39, 0.29) is 25.6 Å². The lowest BCUT2D eigenvalue weighted by atomic mass is 9.98. The Morgan fingerprint density at radius 2 is 1.62 bits per heavy atom.